The Labute approximate surface area is 243 Å². The van der Waals surface area contributed by atoms with E-state index in [4.69, 9.17) is 51.4 Å². The van der Waals surface area contributed by atoms with Crippen molar-refractivity contribution >= 4 is 0 Å². The quantitative estimate of drug-likeness (QED) is 0.0970. The Morgan fingerprint density at radius 3 is 2.12 bits per heavy atom. The molecule has 0 amide bonds. The smallest absolute Gasteiger partial charge is 0.187 e. The Bertz CT molecular complexity index is 839. The normalized spacial score (nSPS) is 48.6. The number of nitrogens with two attached hydrogens (primary N) is 4. The van der Waals surface area contributed by atoms with E-state index in [0.717, 1.165) is 0 Å². The average Bonchev–Trinajstić information content (AvgIpc) is 3.25. The fraction of sp³-hybridized carbons (Fsp3) is 1.00. The van der Waals surface area contributed by atoms with Crippen LogP contribution in [0, 0.1) is 0 Å². The second-order valence-electron chi connectivity index (χ2n) is 11.5. The number of rotatable bonds is 11. The Balaban J connectivity index is 1.51. The maximum Gasteiger partial charge on any atom is 0.187 e. The van der Waals surface area contributed by atoms with Crippen molar-refractivity contribution in [2.45, 2.75) is 124 Å². The van der Waals surface area contributed by atoms with Gasteiger partial charge in [-0.05, 0) is 26.3 Å². The summed E-state index contributed by atoms with van der Waals surface area (Å²) in [6, 6.07) is -3.65. The lowest BCUT2D eigenvalue weighted by molar-refractivity contribution is -0.367. The van der Waals surface area contributed by atoms with E-state index >= 15 is 0 Å². The van der Waals surface area contributed by atoms with E-state index in [9.17, 15) is 30.8 Å². The molecule has 15 N–H and O–H groups in total. The van der Waals surface area contributed by atoms with Gasteiger partial charge < -0.3 is 77.1 Å². The van der Waals surface area contributed by atoms with Crippen LogP contribution in [0.5, 0.6) is 0 Å². The van der Waals surface area contributed by atoms with Gasteiger partial charge in [0.1, 0.15) is 36.6 Å². The Morgan fingerprint density at radius 2 is 1.48 bits per heavy atom. The summed E-state index contributed by atoms with van der Waals surface area (Å²) in [6.07, 6.45) is -11.8. The average molecular weight is 613 g/mol. The maximum absolute atomic E-state index is 11.2. The second-order valence-corrected chi connectivity index (χ2v) is 11.5. The molecule has 3 aliphatic heterocycles. The van der Waals surface area contributed by atoms with E-state index in [1.54, 1.807) is 7.05 Å². The summed E-state index contributed by atoms with van der Waals surface area (Å²) in [4.78, 5) is 0. The number of nitrogens with zero attached hydrogens (tertiary/aromatic N) is 1. The first-order valence-corrected chi connectivity index (χ1v) is 14.3. The van der Waals surface area contributed by atoms with Crippen LogP contribution in [0.1, 0.15) is 25.7 Å². The van der Waals surface area contributed by atoms with Gasteiger partial charge >= 0.3 is 0 Å². The van der Waals surface area contributed by atoms with Crippen LogP contribution in [0.2, 0.25) is 0 Å². The molecule has 246 valence electrons. The van der Waals surface area contributed by atoms with Crippen LogP contribution in [0.25, 0.3) is 0 Å². The Kier molecular flexibility index (Phi) is 12.2. The van der Waals surface area contributed by atoms with Crippen molar-refractivity contribution in [1.82, 2.24) is 10.5 Å². The number of aliphatic hydroxyl groups excluding tert-OH is 4. The standard InChI is InChI=1S/C24H48N6O12/c1-29-7-9-2-3-11(26)22(37-9)40-19-12(27)5-13(30(35)36)17(33)21(19)42-24-18(34)20(15(8-31)39-24)41-23-16(28)14(32)4-10(6-25)38-23/h9-24,29,31-36H,2-8,25-28H2,1H3/t9-,10+,11+,12-,13+,14-,15+,16+,17-,18+,19+,20+,21+,22+,23+,24-/m0/s1. The molecule has 3 saturated heterocycles. The summed E-state index contributed by atoms with van der Waals surface area (Å²) in [5.74, 6) is 0. The van der Waals surface area contributed by atoms with Gasteiger partial charge in [-0.1, -0.05) is 5.23 Å². The summed E-state index contributed by atoms with van der Waals surface area (Å²) in [7, 11) is 1.79. The molecule has 4 fully saturated rings. The van der Waals surface area contributed by atoms with Crippen molar-refractivity contribution in [3.63, 3.8) is 0 Å². The monoisotopic (exact) mass is 612 g/mol. The molecule has 1 aliphatic carbocycles. The number of hydrogen-bond donors (Lipinski definition) is 11. The van der Waals surface area contributed by atoms with E-state index in [1.165, 1.54) is 0 Å². The molecule has 0 unspecified atom stereocenters. The van der Waals surface area contributed by atoms with Crippen LogP contribution in [0.3, 0.4) is 0 Å². The molecule has 0 aromatic heterocycles. The SMILES string of the molecule is CNC[C@@H]1CC[C@@H](N)[C@@H](O[C@H]2[C@H](O[C@@H]3O[C@H](CO)[C@@H](O[C@H]4O[C@@H](CN)C[C@H](O)[C@H]4N)[C@H]3O)[C@@H](O)[C@H](N(O)O)C[C@@H]2N)O1. The van der Waals surface area contributed by atoms with Gasteiger partial charge in [-0.3, -0.25) is 10.4 Å². The lowest BCUT2D eigenvalue weighted by Gasteiger charge is -2.47. The molecular weight excluding hydrogens is 564 g/mol. The van der Waals surface area contributed by atoms with Crippen LogP contribution < -0.4 is 28.3 Å². The first-order valence-electron chi connectivity index (χ1n) is 14.3. The molecule has 0 radical (unpaired) electrons. The highest BCUT2D eigenvalue weighted by atomic mass is 16.8. The summed E-state index contributed by atoms with van der Waals surface area (Å²) in [6.45, 7) is 0.0590. The van der Waals surface area contributed by atoms with Crippen LogP contribution in [0.4, 0.5) is 0 Å². The first-order chi connectivity index (χ1) is 20.0. The fourth-order valence-electron chi connectivity index (χ4n) is 5.98. The zero-order valence-electron chi connectivity index (χ0n) is 23.6. The van der Waals surface area contributed by atoms with Gasteiger partial charge in [-0.15, -0.1) is 0 Å². The summed E-state index contributed by atoms with van der Waals surface area (Å²) in [5.41, 5.74) is 24.4. The van der Waals surface area contributed by atoms with E-state index < -0.39 is 98.5 Å². The van der Waals surface area contributed by atoms with Gasteiger partial charge in [0.2, 0.25) is 0 Å². The van der Waals surface area contributed by atoms with Gasteiger partial charge in [-0.25, -0.2) is 0 Å². The molecular formula is C24H48N6O12. The molecule has 4 rings (SSSR count). The van der Waals surface area contributed by atoms with Crippen molar-refractivity contribution in [1.29, 1.82) is 0 Å². The van der Waals surface area contributed by atoms with Crippen LogP contribution in [0.15, 0.2) is 0 Å². The molecule has 0 aromatic rings. The number of nitrogens with one attached hydrogen (secondary N) is 1. The van der Waals surface area contributed by atoms with Gasteiger partial charge in [0.25, 0.3) is 0 Å². The third kappa shape index (κ3) is 7.56. The maximum atomic E-state index is 11.2. The molecule has 18 heteroatoms. The molecule has 1 saturated carbocycles. The van der Waals surface area contributed by atoms with E-state index in [-0.39, 0.29) is 30.7 Å². The van der Waals surface area contributed by atoms with Gasteiger partial charge in [0.15, 0.2) is 18.9 Å². The van der Waals surface area contributed by atoms with Crippen molar-refractivity contribution in [2.75, 3.05) is 26.7 Å². The first kappa shape index (κ1) is 34.2. The number of hydroxylamine groups is 2. The highest BCUT2D eigenvalue weighted by Crippen LogP contribution is 2.35. The topological polar surface area (TPSA) is 296 Å². The summed E-state index contributed by atoms with van der Waals surface area (Å²) in [5, 5.41) is 65.0. The van der Waals surface area contributed by atoms with Gasteiger partial charge in [0.05, 0.1) is 43.0 Å². The predicted molar refractivity (Wildman–Crippen MR) is 140 cm³/mol. The minimum Gasteiger partial charge on any atom is -0.394 e. The summed E-state index contributed by atoms with van der Waals surface area (Å²) < 4.78 is 35.6. The fourth-order valence-corrected chi connectivity index (χ4v) is 5.98. The van der Waals surface area contributed by atoms with Crippen molar-refractivity contribution in [2.24, 2.45) is 22.9 Å². The van der Waals surface area contributed by atoms with Gasteiger partial charge in [-0.2, -0.15) is 0 Å². The molecule has 42 heavy (non-hydrogen) atoms. The van der Waals surface area contributed by atoms with E-state index in [2.05, 4.69) is 5.32 Å². The van der Waals surface area contributed by atoms with Crippen molar-refractivity contribution in [3.8, 4) is 0 Å². The van der Waals surface area contributed by atoms with E-state index in [1.807, 2.05) is 0 Å². The number of hydrogen-bond acceptors (Lipinski definition) is 18. The molecule has 16 atom stereocenters. The minimum absolute atomic E-state index is 0.0960. The largest absolute Gasteiger partial charge is 0.394 e. The predicted octanol–water partition coefficient (Wildman–Crippen LogP) is -5.43. The third-order valence-electron chi connectivity index (χ3n) is 8.41. The molecule has 18 nitrogen and oxygen atoms in total. The van der Waals surface area contributed by atoms with Crippen LogP contribution >= 0.6 is 0 Å². The molecule has 0 spiro atoms. The molecule has 0 bridgehead atoms. The number of likely N-dealkylation sites (N-methyl/N-ethyl adjacent to an activating group) is 1. The van der Waals surface area contributed by atoms with Crippen LogP contribution in [-0.2, 0) is 28.4 Å². The highest BCUT2D eigenvalue weighted by Gasteiger charge is 2.54. The Morgan fingerprint density at radius 1 is 0.810 bits per heavy atom. The molecule has 0 aromatic carbocycles. The Hall–Kier alpha value is -0.720. The van der Waals surface area contributed by atoms with Gasteiger partial charge in [0, 0.05) is 25.6 Å². The van der Waals surface area contributed by atoms with Crippen molar-refractivity contribution in [3.05, 3.63) is 0 Å². The highest BCUT2D eigenvalue weighted by molar-refractivity contribution is 5.01. The minimum atomic E-state index is -1.59. The number of ether oxygens (including phenoxy) is 6. The molecule has 4 aliphatic rings. The number of aliphatic hydroxyl groups is 4. The lowest BCUT2D eigenvalue weighted by atomic mass is 9.84. The lowest BCUT2D eigenvalue weighted by Crippen LogP contribution is -2.66. The second kappa shape index (κ2) is 15.0. The third-order valence-corrected chi connectivity index (χ3v) is 8.41. The summed E-state index contributed by atoms with van der Waals surface area (Å²) >= 11 is 0. The molecule has 3 heterocycles. The zero-order chi connectivity index (χ0) is 30.7. The van der Waals surface area contributed by atoms with Crippen LogP contribution in [-0.4, -0.2) is 161 Å². The zero-order valence-corrected chi connectivity index (χ0v) is 23.6. The van der Waals surface area contributed by atoms with E-state index in [0.29, 0.717) is 19.4 Å². The van der Waals surface area contributed by atoms with Crippen molar-refractivity contribution < 1.29 is 59.3 Å².